The van der Waals surface area contributed by atoms with Crippen LogP contribution in [0.5, 0.6) is 0 Å². The number of nitrogens with one attached hydrogen (secondary N) is 1. The second kappa shape index (κ2) is 8.20. The van der Waals surface area contributed by atoms with E-state index in [0.29, 0.717) is 6.54 Å². The highest BCUT2D eigenvalue weighted by Crippen LogP contribution is 2.30. The Labute approximate surface area is 165 Å². The van der Waals surface area contributed by atoms with E-state index in [-0.39, 0.29) is 18.7 Å². The summed E-state index contributed by atoms with van der Waals surface area (Å²) in [5.41, 5.74) is 5.22. The van der Waals surface area contributed by atoms with Gasteiger partial charge in [0.15, 0.2) is 0 Å². The zero-order chi connectivity index (χ0) is 19.5. The summed E-state index contributed by atoms with van der Waals surface area (Å²) in [4.78, 5) is 17.0. The summed E-state index contributed by atoms with van der Waals surface area (Å²) >= 11 is 0. The van der Waals surface area contributed by atoms with Gasteiger partial charge in [-0.3, -0.25) is 0 Å². The van der Waals surface area contributed by atoms with Crippen LogP contribution in [0.4, 0.5) is 16.2 Å². The van der Waals surface area contributed by atoms with Crippen LogP contribution in [0.15, 0.2) is 42.5 Å². The molecule has 6 nitrogen and oxygen atoms in total. The van der Waals surface area contributed by atoms with Crippen molar-refractivity contribution in [1.82, 2.24) is 4.90 Å². The number of carbonyl (C=O) groups is 1. The number of urea groups is 1. The van der Waals surface area contributed by atoms with E-state index in [2.05, 4.69) is 22.3 Å². The molecule has 0 spiro atoms. The molecule has 1 saturated heterocycles. The Balaban J connectivity index is 1.49. The smallest absolute Gasteiger partial charge is 0.322 e. The molecular formula is C22H27N3O3. The van der Waals surface area contributed by atoms with Gasteiger partial charge in [0.1, 0.15) is 0 Å². The number of ether oxygens (including phenoxy) is 1. The van der Waals surface area contributed by atoms with Crippen molar-refractivity contribution >= 4 is 17.4 Å². The number of anilines is 2. The van der Waals surface area contributed by atoms with Gasteiger partial charge in [-0.1, -0.05) is 24.3 Å². The van der Waals surface area contributed by atoms with Gasteiger partial charge in [0, 0.05) is 31.0 Å². The summed E-state index contributed by atoms with van der Waals surface area (Å²) in [6.45, 7) is 5.78. The Morgan fingerprint density at radius 3 is 2.71 bits per heavy atom. The lowest BCUT2D eigenvalue weighted by atomic mass is 9.93. The van der Waals surface area contributed by atoms with Gasteiger partial charge in [0.05, 0.1) is 25.9 Å². The molecule has 0 aromatic heterocycles. The number of benzene rings is 2. The molecule has 0 aliphatic carbocycles. The molecule has 1 fully saturated rings. The number of hydrogen-bond acceptors (Lipinski definition) is 4. The normalized spacial score (nSPS) is 19.3. The summed E-state index contributed by atoms with van der Waals surface area (Å²) in [7, 11) is 0. The third-order valence-electron chi connectivity index (χ3n) is 5.67. The van der Waals surface area contributed by atoms with Crippen molar-refractivity contribution in [3.8, 4) is 0 Å². The van der Waals surface area contributed by atoms with Gasteiger partial charge in [0.25, 0.3) is 0 Å². The van der Waals surface area contributed by atoms with E-state index < -0.39 is 0 Å². The van der Waals surface area contributed by atoms with Gasteiger partial charge >= 0.3 is 6.03 Å². The van der Waals surface area contributed by atoms with Crippen LogP contribution in [0.3, 0.4) is 0 Å². The van der Waals surface area contributed by atoms with Crippen LogP contribution in [-0.2, 0) is 11.2 Å². The van der Waals surface area contributed by atoms with Crippen molar-refractivity contribution in [3.05, 3.63) is 59.2 Å². The van der Waals surface area contributed by atoms with E-state index >= 15 is 0 Å². The molecule has 2 aliphatic rings. The monoisotopic (exact) mass is 381 g/mol. The molecule has 2 aromatic rings. The number of aliphatic hydroxyl groups excluding tert-OH is 1. The molecule has 0 radical (unpaired) electrons. The summed E-state index contributed by atoms with van der Waals surface area (Å²) < 4.78 is 5.42. The highest BCUT2D eigenvalue weighted by atomic mass is 16.5. The van der Waals surface area contributed by atoms with E-state index in [0.717, 1.165) is 55.2 Å². The van der Waals surface area contributed by atoms with Crippen LogP contribution in [0.2, 0.25) is 0 Å². The number of carbonyl (C=O) groups excluding carboxylic acids is 1. The van der Waals surface area contributed by atoms with Crippen LogP contribution >= 0.6 is 0 Å². The highest BCUT2D eigenvalue weighted by molar-refractivity contribution is 5.91. The minimum absolute atomic E-state index is 0.0839. The zero-order valence-electron chi connectivity index (χ0n) is 16.2. The summed E-state index contributed by atoms with van der Waals surface area (Å²) in [6, 6.07) is 13.7. The van der Waals surface area contributed by atoms with Crippen LogP contribution in [0.1, 0.15) is 22.7 Å². The van der Waals surface area contributed by atoms with Crippen LogP contribution in [-0.4, -0.2) is 55.5 Å². The van der Waals surface area contributed by atoms with Crippen molar-refractivity contribution in [3.63, 3.8) is 0 Å². The van der Waals surface area contributed by atoms with Crippen molar-refractivity contribution in [1.29, 1.82) is 0 Å². The lowest BCUT2D eigenvalue weighted by Gasteiger charge is -2.36. The summed E-state index contributed by atoms with van der Waals surface area (Å²) in [5.74, 6) is 0. The molecule has 2 heterocycles. The van der Waals surface area contributed by atoms with E-state index in [4.69, 9.17) is 4.74 Å². The number of aliphatic hydroxyl groups is 1. The van der Waals surface area contributed by atoms with Gasteiger partial charge in [-0.2, -0.15) is 0 Å². The van der Waals surface area contributed by atoms with E-state index in [1.165, 1.54) is 5.56 Å². The zero-order valence-corrected chi connectivity index (χ0v) is 16.2. The van der Waals surface area contributed by atoms with Crippen LogP contribution in [0, 0.1) is 6.92 Å². The van der Waals surface area contributed by atoms with Crippen molar-refractivity contribution in [2.45, 2.75) is 19.4 Å². The standard InChI is InChI=1S/C22H27N3O3/c1-16-14-18(24-10-12-28-13-11-24)6-7-20(16)23-22(27)25-9-8-17-4-2-3-5-19(17)21(25)15-26/h2-7,14,21,26H,8-13,15H2,1H3,(H,23,27)/t21-/m0/s1. The van der Waals surface area contributed by atoms with Crippen LogP contribution in [0.25, 0.3) is 0 Å². The van der Waals surface area contributed by atoms with E-state index in [1.807, 2.05) is 37.3 Å². The molecule has 0 unspecified atom stereocenters. The van der Waals surface area contributed by atoms with Gasteiger partial charge < -0.3 is 25.0 Å². The Morgan fingerprint density at radius 1 is 1.18 bits per heavy atom. The first-order valence-corrected chi connectivity index (χ1v) is 9.87. The fourth-order valence-electron chi connectivity index (χ4n) is 4.08. The first-order valence-electron chi connectivity index (χ1n) is 9.87. The lowest BCUT2D eigenvalue weighted by molar-refractivity contribution is 0.122. The molecule has 1 atom stereocenters. The predicted octanol–water partition coefficient (Wildman–Crippen LogP) is 2.96. The number of aryl methyl sites for hydroxylation is 1. The molecule has 4 rings (SSSR count). The third kappa shape index (κ3) is 3.70. The van der Waals surface area contributed by atoms with Gasteiger partial charge in [-0.15, -0.1) is 0 Å². The number of hydrogen-bond donors (Lipinski definition) is 2. The third-order valence-corrected chi connectivity index (χ3v) is 5.67. The predicted molar refractivity (Wildman–Crippen MR) is 110 cm³/mol. The van der Waals surface area contributed by atoms with Crippen molar-refractivity contribution in [2.75, 3.05) is 49.7 Å². The molecule has 2 N–H and O–H groups in total. The van der Waals surface area contributed by atoms with Gasteiger partial charge in [-0.05, 0) is 48.2 Å². The van der Waals surface area contributed by atoms with E-state index in [9.17, 15) is 9.90 Å². The molecule has 0 bridgehead atoms. The number of rotatable bonds is 3. The highest BCUT2D eigenvalue weighted by Gasteiger charge is 2.30. The maximum atomic E-state index is 13.0. The first-order chi connectivity index (χ1) is 13.7. The van der Waals surface area contributed by atoms with Crippen molar-refractivity contribution < 1.29 is 14.6 Å². The molecule has 2 amide bonds. The van der Waals surface area contributed by atoms with Crippen molar-refractivity contribution in [2.24, 2.45) is 0 Å². The fourth-order valence-corrected chi connectivity index (χ4v) is 4.08. The molecule has 28 heavy (non-hydrogen) atoms. The number of amides is 2. The minimum atomic E-state index is -0.308. The molecule has 0 saturated carbocycles. The first kappa shape index (κ1) is 18.8. The average Bonchev–Trinajstić information content (AvgIpc) is 2.74. The average molecular weight is 381 g/mol. The molecule has 2 aliphatic heterocycles. The Hall–Kier alpha value is -2.57. The maximum Gasteiger partial charge on any atom is 0.322 e. The van der Waals surface area contributed by atoms with Gasteiger partial charge in [0.2, 0.25) is 0 Å². The molecule has 2 aromatic carbocycles. The van der Waals surface area contributed by atoms with E-state index in [1.54, 1.807) is 4.90 Å². The quantitative estimate of drug-likeness (QED) is 0.858. The summed E-state index contributed by atoms with van der Waals surface area (Å²) in [5, 5.41) is 13.0. The molecule has 148 valence electrons. The molecular weight excluding hydrogens is 354 g/mol. The number of morpholine rings is 1. The van der Waals surface area contributed by atoms with Crippen LogP contribution < -0.4 is 10.2 Å². The SMILES string of the molecule is Cc1cc(N2CCOCC2)ccc1NC(=O)N1CCc2ccccc2[C@@H]1CO. The minimum Gasteiger partial charge on any atom is -0.394 e. The number of fused-ring (bicyclic) bond motifs is 1. The molecule has 6 heteroatoms. The second-order valence-electron chi connectivity index (χ2n) is 7.37. The topological polar surface area (TPSA) is 65.0 Å². The number of nitrogens with zero attached hydrogens (tertiary/aromatic N) is 2. The fraction of sp³-hybridized carbons (Fsp3) is 0.409. The lowest BCUT2D eigenvalue weighted by Crippen LogP contribution is -2.44. The summed E-state index contributed by atoms with van der Waals surface area (Å²) in [6.07, 6.45) is 0.801. The Morgan fingerprint density at radius 2 is 1.96 bits per heavy atom. The Kier molecular flexibility index (Phi) is 5.50. The second-order valence-corrected chi connectivity index (χ2v) is 7.37. The largest absolute Gasteiger partial charge is 0.394 e. The maximum absolute atomic E-state index is 13.0. The Bertz CT molecular complexity index is 849. The van der Waals surface area contributed by atoms with Gasteiger partial charge in [-0.25, -0.2) is 4.79 Å².